The minimum absolute atomic E-state index is 0.0282. The normalized spacial score (nSPS) is 15.1. The molecule has 1 aromatic carbocycles. The summed E-state index contributed by atoms with van der Waals surface area (Å²) in [5.41, 5.74) is 12.4. The predicted molar refractivity (Wildman–Crippen MR) is 137 cm³/mol. The lowest BCUT2D eigenvalue weighted by molar-refractivity contribution is -0.142. The van der Waals surface area contributed by atoms with Gasteiger partial charge in [-0.3, -0.25) is 19.2 Å². The molecular formula is C25H36N6O6. The summed E-state index contributed by atoms with van der Waals surface area (Å²) in [4.78, 5) is 64.1. The van der Waals surface area contributed by atoms with Crippen molar-refractivity contribution in [2.24, 2.45) is 17.4 Å². The maximum Gasteiger partial charge on any atom is 0.326 e. The lowest BCUT2D eigenvalue weighted by atomic mass is 9.97. The first-order valence-electron chi connectivity index (χ1n) is 12.2. The zero-order chi connectivity index (χ0) is 27.7. The standard InChI is InChI=1S/C25H36N6O6/c1-4-13(2)21(31-22(33)14(3)29-23(34)17(26)9-10-20(27)32)24(35)30-19(25(36)37)11-15-12-28-18-8-6-5-7-16(15)18/h5-8,12-14,17,19,21,28H,4,9-11,26H2,1-3H3,(H2,27,32)(H,29,34)(H,30,35)(H,31,33)(H,36,37). The first-order chi connectivity index (χ1) is 17.4. The van der Waals surface area contributed by atoms with E-state index in [0.29, 0.717) is 6.42 Å². The number of hydrogen-bond acceptors (Lipinski definition) is 6. The van der Waals surface area contributed by atoms with E-state index in [1.165, 1.54) is 6.92 Å². The molecule has 2 rings (SSSR count). The number of H-pyrrole nitrogens is 1. The Bertz CT molecular complexity index is 1130. The van der Waals surface area contributed by atoms with Crippen molar-refractivity contribution in [1.29, 1.82) is 0 Å². The van der Waals surface area contributed by atoms with E-state index in [0.717, 1.165) is 16.5 Å². The Balaban J connectivity index is 2.07. The topological polar surface area (TPSA) is 209 Å². The van der Waals surface area contributed by atoms with Crippen molar-refractivity contribution in [3.8, 4) is 0 Å². The molecule has 5 unspecified atom stereocenters. The molecular weight excluding hydrogens is 480 g/mol. The third-order valence-electron chi connectivity index (χ3n) is 6.30. The Hall–Kier alpha value is -3.93. The number of para-hydroxylation sites is 1. The number of rotatable bonds is 14. The number of aromatic amines is 1. The molecule has 0 aliphatic rings. The minimum Gasteiger partial charge on any atom is -0.480 e. The van der Waals surface area contributed by atoms with E-state index >= 15 is 0 Å². The number of primary amides is 1. The highest BCUT2D eigenvalue weighted by Gasteiger charge is 2.32. The summed E-state index contributed by atoms with van der Waals surface area (Å²) in [6.45, 7) is 5.01. The third-order valence-corrected chi connectivity index (χ3v) is 6.30. The van der Waals surface area contributed by atoms with Crippen molar-refractivity contribution in [3.63, 3.8) is 0 Å². The Kier molecular flexibility index (Phi) is 10.6. The number of nitrogens with one attached hydrogen (secondary N) is 4. The molecule has 0 aliphatic carbocycles. The first-order valence-corrected chi connectivity index (χ1v) is 12.2. The fourth-order valence-corrected chi connectivity index (χ4v) is 3.78. The average molecular weight is 517 g/mol. The highest BCUT2D eigenvalue weighted by atomic mass is 16.4. The smallest absolute Gasteiger partial charge is 0.326 e. The number of carbonyl (C=O) groups excluding carboxylic acids is 4. The van der Waals surface area contributed by atoms with Gasteiger partial charge in [0, 0.05) is 29.9 Å². The van der Waals surface area contributed by atoms with E-state index in [9.17, 15) is 29.1 Å². The molecule has 12 nitrogen and oxygen atoms in total. The number of benzene rings is 1. The van der Waals surface area contributed by atoms with Gasteiger partial charge in [0.05, 0.1) is 6.04 Å². The first kappa shape index (κ1) is 29.3. The Labute approximate surface area is 214 Å². The van der Waals surface area contributed by atoms with E-state index in [1.807, 2.05) is 31.2 Å². The Morgan fingerprint density at radius 2 is 1.68 bits per heavy atom. The molecule has 0 saturated heterocycles. The van der Waals surface area contributed by atoms with E-state index in [2.05, 4.69) is 20.9 Å². The maximum atomic E-state index is 13.1. The quantitative estimate of drug-likeness (QED) is 0.181. The van der Waals surface area contributed by atoms with Crippen LogP contribution in [0.3, 0.4) is 0 Å². The van der Waals surface area contributed by atoms with E-state index in [1.54, 1.807) is 13.1 Å². The van der Waals surface area contributed by atoms with Crippen LogP contribution in [0.4, 0.5) is 0 Å². The zero-order valence-electron chi connectivity index (χ0n) is 21.2. The molecule has 4 amide bonds. The summed E-state index contributed by atoms with van der Waals surface area (Å²) < 4.78 is 0. The molecule has 9 N–H and O–H groups in total. The monoisotopic (exact) mass is 516 g/mol. The van der Waals surface area contributed by atoms with Crippen molar-refractivity contribution in [1.82, 2.24) is 20.9 Å². The molecule has 1 heterocycles. The summed E-state index contributed by atoms with van der Waals surface area (Å²) in [5.74, 6) is -4.06. The van der Waals surface area contributed by atoms with Gasteiger partial charge in [0.15, 0.2) is 0 Å². The molecule has 1 aromatic heterocycles. The Morgan fingerprint density at radius 3 is 2.30 bits per heavy atom. The van der Waals surface area contributed by atoms with Crippen molar-refractivity contribution in [2.45, 2.75) is 70.6 Å². The van der Waals surface area contributed by atoms with Crippen LogP contribution in [-0.2, 0) is 30.4 Å². The van der Waals surface area contributed by atoms with Gasteiger partial charge in [-0.2, -0.15) is 0 Å². The van der Waals surface area contributed by atoms with Gasteiger partial charge in [-0.15, -0.1) is 0 Å². The largest absolute Gasteiger partial charge is 0.480 e. The summed E-state index contributed by atoms with van der Waals surface area (Å²) in [6.07, 6.45) is 2.23. The van der Waals surface area contributed by atoms with Crippen LogP contribution < -0.4 is 27.4 Å². The zero-order valence-corrected chi connectivity index (χ0v) is 21.2. The molecule has 0 fully saturated rings. The summed E-state index contributed by atoms with van der Waals surface area (Å²) in [5, 5.41) is 18.2. The highest BCUT2D eigenvalue weighted by Crippen LogP contribution is 2.19. The number of fused-ring (bicyclic) bond motifs is 1. The summed E-state index contributed by atoms with van der Waals surface area (Å²) >= 11 is 0. The number of nitrogens with two attached hydrogens (primary N) is 2. The van der Waals surface area contributed by atoms with E-state index in [4.69, 9.17) is 11.5 Å². The number of carbonyl (C=O) groups is 5. The van der Waals surface area contributed by atoms with Crippen molar-refractivity contribution >= 4 is 40.5 Å². The molecule has 0 radical (unpaired) electrons. The van der Waals surface area contributed by atoms with Gasteiger partial charge in [0.25, 0.3) is 0 Å². The molecule has 2 aromatic rings. The maximum absolute atomic E-state index is 13.1. The molecule has 0 bridgehead atoms. The van der Waals surface area contributed by atoms with Crippen molar-refractivity contribution < 1.29 is 29.1 Å². The second kappa shape index (κ2) is 13.4. The van der Waals surface area contributed by atoms with Gasteiger partial charge >= 0.3 is 5.97 Å². The number of amides is 4. The molecule has 202 valence electrons. The van der Waals surface area contributed by atoms with E-state index < -0.39 is 53.8 Å². The van der Waals surface area contributed by atoms with E-state index in [-0.39, 0.29) is 25.2 Å². The van der Waals surface area contributed by atoms with Gasteiger partial charge < -0.3 is 37.5 Å². The van der Waals surface area contributed by atoms with Crippen LogP contribution in [0.15, 0.2) is 30.5 Å². The van der Waals surface area contributed by atoms with Crippen LogP contribution in [-0.4, -0.2) is 63.9 Å². The lowest BCUT2D eigenvalue weighted by Crippen LogP contribution is -2.58. The van der Waals surface area contributed by atoms with Crippen LogP contribution in [0.2, 0.25) is 0 Å². The summed E-state index contributed by atoms with van der Waals surface area (Å²) in [6, 6.07) is 3.10. The van der Waals surface area contributed by atoms with Crippen LogP contribution in [0.5, 0.6) is 0 Å². The summed E-state index contributed by atoms with van der Waals surface area (Å²) in [7, 11) is 0. The van der Waals surface area contributed by atoms with Crippen LogP contribution >= 0.6 is 0 Å². The second-order valence-corrected chi connectivity index (χ2v) is 9.18. The molecule has 0 saturated carbocycles. The molecule has 37 heavy (non-hydrogen) atoms. The average Bonchev–Trinajstić information content (AvgIpc) is 3.27. The number of carboxylic acids is 1. The number of aliphatic carboxylic acids is 1. The fourth-order valence-electron chi connectivity index (χ4n) is 3.78. The number of aromatic nitrogens is 1. The fraction of sp³-hybridized carbons (Fsp3) is 0.480. The number of carboxylic acid groups (broad SMARTS) is 1. The van der Waals surface area contributed by atoms with Crippen LogP contribution in [0, 0.1) is 5.92 Å². The molecule has 12 heteroatoms. The minimum atomic E-state index is -1.23. The molecule has 5 atom stereocenters. The SMILES string of the molecule is CCC(C)C(NC(=O)C(C)NC(=O)C(N)CCC(N)=O)C(=O)NC(Cc1c[nH]c2ccccc12)C(=O)O. The van der Waals surface area contributed by atoms with Crippen LogP contribution in [0.25, 0.3) is 10.9 Å². The molecule has 0 spiro atoms. The number of hydrogen-bond donors (Lipinski definition) is 7. The highest BCUT2D eigenvalue weighted by molar-refractivity contribution is 5.94. The van der Waals surface area contributed by atoms with Gasteiger partial charge in [0.2, 0.25) is 23.6 Å². The third kappa shape index (κ3) is 8.31. The van der Waals surface area contributed by atoms with Crippen molar-refractivity contribution in [2.75, 3.05) is 0 Å². The predicted octanol–water partition coefficient (Wildman–Crippen LogP) is -0.0918. The second-order valence-electron chi connectivity index (χ2n) is 9.18. The van der Waals surface area contributed by atoms with Crippen molar-refractivity contribution in [3.05, 3.63) is 36.0 Å². The van der Waals surface area contributed by atoms with Gasteiger partial charge in [-0.05, 0) is 30.9 Å². The lowest BCUT2D eigenvalue weighted by Gasteiger charge is -2.27. The molecule has 0 aliphatic heterocycles. The van der Waals surface area contributed by atoms with Gasteiger partial charge in [0.1, 0.15) is 18.1 Å². The Morgan fingerprint density at radius 1 is 1.00 bits per heavy atom. The van der Waals surface area contributed by atoms with Gasteiger partial charge in [-0.1, -0.05) is 38.5 Å². The van der Waals surface area contributed by atoms with Gasteiger partial charge in [-0.25, -0.2) is 4.79 Å². The van der Waals surface area contributed by atoms with Crippen LogP contribution in [0.1, 0.15) is 45.6 Å².